The number of anilines is 1. The Hall–Kier alpha value is -3.19. The van der Waals surface area contributed by atoms with Crippen molar-refractivity contribution in [1.82, 2.24) is 14.9 Å². The number of benzene rings is 2. The lowest BCUT2D eigenvalue weighted by Crippen LogP contribution is -2.44. The van der Waals surface area contributed by atoms with E-state index in [0.717, 1.165) is 22.2 Å². The van der Waals surface area contributed by atoms with E-state index < -0.39 is 17.9 Å². The fraction of sp³-hybridized carbons (Fsp3) is 0.250. The maximum absolute atomic E-state index is 12.2. The zero-order chi connectivity index (χ0) is 19.4. The summed E-state index contributed by atoms with van der Waals surface area (Å²) in [4.78, 5) is 28.6. The molecule has 0 fully saturated rings. The SMILES string of the molecule is Cc1cccc(CC(CO)NC(=O)C(=O)Nc2ccc3c(c2)ncn3C)c1. The van der Waals surface area contributed by atoms with Crippen molar-refractivity contribution in [3.8, 4) is 0 Å². The Bertz CT molecular complexity index is 980. The highest BCUT2D eigenvalue weighted by molar-refractivity contribution is 6.39. The fourth-order valence-electron chi connectivity index (χ4n) is 2.94. The Balaban J connectivity index is 1.62. The lowest BCUT2D eigenvalue weighted by molar-refractivity contribution is -0.136. The van der Waals surface area contributed by atoms with Crippen molar-refractivity contribution in [2.75, 3.05) is 11.9 Å². The molecule has 1 unspecified atom stereocenters. The lowest BCUT2D eigenvalue weighted by Gasteiger charge is -2.16. The first-order chi connectivity index (χ1) is 13.0. The molecule has 7 nitrogen and oxygen atoms in total. The van der Waals surface area contributed by atoms with Gasteiger partial charge < -0.3 is 20.3 Å². The van der Waals surface area contributed by atoms with Gasteiger partial charge in [0.1, 0.15) is 0 Å². The van der Waals surface area contributed by atoms with Crippen LogP contribution < -0.4 is 10.6 Å². The minimum absolute atomic E-state index is 0.257. The topological polar surface area (TPSA) is 96.2 Å². The summed E-state index contributed by atoms with van der Waals surface area (Å²) in [6, 6.07) is 12.5. The number of nitrogens with zero attached hydrogens (tertiary/aromatic N) is 2. The summed E-state index contributed by atoms with van der Waals surface area (Å²) in [5.41, 5.74) is 4.22. The molecule has 3 N–H and O–H groups in total. The minimum atomic E-state index is -0.789. The molecule has 3 rings (SSSR count). The van der Waals surface area contributed by atoms with Crippen LogP contribution in [0.4, 0.5) is 5.69 Å². The number of aromatic nitrogens is 2. The number of carbonyl (C=O) groups excluding carboxylic acids is 2. The average molecular weight is 366 g/mol. The quantitative estimate of drug-likeness (QED) is 0.597. The molecular weight excluding hydrogens is 344 g/mol. The second-order valence-corrected chi connectivity index (χ2v) is 6.56. The second-order valence-electron chi connectivity index (χ2n) is 6.56. The standard InChI is InChI=1S/C20H22N4O3/c1-13-4-3-5-14(8-13)9-16(11-25)23-20(27)19(26)22-15-6-7-18-17(10-15)21-12-24(18)2/h3-8,10,12,16,25H,9,11H2,1-2H3,(H,22,26)(H,23,27). The number of imidazole rings is 1. The van der Waals surface area contributed by atoms with Gasteiger partial charge in [0.2, 0.25) is 0 Å². The molecule has 0 aliphatic carbocycles. The number of aliphatic hydroxyl groups excluding tert-OH is 1. The van der Waals surface area contributed by atoms with E-state index in [-0.39, 0.29) is 6.61 Å². The van der Waals surface area contributed by atoms with Crippen LogP contribution in [0.25, 0.3) is 11.0 Å². The third-order valence-electron chi connectivity index (χ3n) is 4.31. The van der Waals surface area contributed by atoms with E-state index in [9.17, 15) is 14.7 Å². The number of aryl methyl sites for hydroxylation is 2. The lowest BCUT2D eigenvalue weighted by atomic mass is 10.0. The summed E-state index contributed by atoms with van der Waals surface area (Å²) in [7, 11) is 1.88. The highest BCUT2D eigenvalue weighted by Gasteiger charge is 2.19. The second kappa shape index (κ2) is 8.01. The molecule has 140 valence electrons. The summed E-state index contributed by atoms with van der Waals surface area (Å²) in [5.74, 6) is -1.57. The van der Waals surface area contributed by atoms with Crippen molar-refractivity contribution in [2.24, 2.45) is 7.05 Å². The van der Waals surface area contributed by atoms with Gasteiger partial charge in [-0.25, -0.2) is 4.98 Å². The number of nitrogens with one attached hydrogen (secondary N) is 2. The third kappa shape index (κ3) is 4.51. The van der Waals surface area contributed by atoms with Crippen LogP contribution in [-0.4, -0.2) is 39.1 Å². The number of amides is 2. The number of hydrogen-bond donors (Lipinski definition) is 3. The van der Waals surface area contributed by atoms with E-state index in [0.29, 0.717) is 12.1 Å². The molecule has 0 saturated carbocycles. The molecule has 7 heteroatoms. The van der Waals surface area contributed by atoms with Gasteiger partial charge in [0.25, 0.3) is 0 Å². The predicted octanol–water partition coefficient (Wildman–Crippen LogP) is 1.54. The van der Waals surface area contributed by atoms with Crippen LogP contribution in [0.2, 0.25) is 0 Å². The Labute approximate surface area is 157 Å². The van der Waals surface area contributed by atoms with Gasteiger partial charge in [0, 0.05) is 12.7 Å². The van der Waals surface area contributed by atoms with Gasteiger partial charge >= 0.3 is 11.8 Å². The molecule has 2 aromatic carbocycles. The molecule has 1 heterocycles. The molecule has 0 aliphatic heterocycles. The smallest absolute Gasteiger partial charge is 0.313 e. The largest absolute Gasteiger partial charge is 0.394 e. The van der Waals surface area contributed by atoms with Crippen LogP contribution in [-0.2, 0) is 23.1 Å². The molecule has 27 heavy (non-hydrogen) atoms. The summed E-state index contributed by atoms with van der Waals surface area (Å²) in [6.45, 7) is 1.72. The molecule has 0 radical (unpaired) electrons. The molecule has 3 aromatic rings. The summed E-state index contributed by atoms with van der Waals surface area (Å²) in [5, 5.41) is 14.7. The normalized spacial score (nSPS) is 12.0. The van der Waals surface area contributed by atoms with Crippen molar-refractivity contribution < 1.29 is 14.7 Å². The van der Waals surface area contributed by atoms with E-state index in [1.807, 2.05) is 48.9 Å². The van der Waals surface area contributed by atoms with Crippen LogP contribution in [0.3, 0.4) is 0 Å². The highest BCUT2D eigenvalue weighted by atomic mass is 16.3. The number of hydrogen-bond acceptors (Lipinski definition) is 4. The van der Waals surface area contributed by atoms with E-state index in [4.69, 9.17) is 0 Å². The maximum atomic E-state index is 12.2. The Morgan fingerprint density at radius 3 is 2.74 bits per heavy atom. The van der Waals surface area contributed by atoms with Crippen molar-refractivity contribution in [1.29, 1.82) is 0 Å². The zero-order valence-electron chi connectivity index (χ0n) is 15.3. The van der Waals surface area contributed by atoms with Crippen LogP contribution in [0.15, 0.2) is 48.8 Å². The Kier molecular flexibility index (Phi) is 5.52. The first-order valence-corrected chi connectivity index (χ1v) is 8.65. The third-order valence-corrected chi connectivity index (χ3v) is 4.31. The zero-order valence-corrected chi connectivity index (χ0v) is 15.3. The monoisotopic (exact) mass is 366 g/mol. The van der Waals surface area contributed by atoms with Crippen LogP contribution in [0, 0.1) is 6.92 Å². The number of carbonyl (C=O) groups is 2. The average Bonchev–Trinajstić information content (AvgIpc) is 3.01. The molecular formula is C20H22N4O3. The van der Waals surface area contributed by atoms with Gasteiger partial charge in [0.05, 0.1) is 30.0 Å². The van der Waals surface area contributed by atoms with Crippen molar-refractivity contribution in [3.63, 3.8) is 0 Å². The summed E-state index contributed by atoms with van der Waals surface area (Å²) >= 11 is 0. The summed E-state index contributed by atoms with van der Waals surface area (Å²) < 4.78 is 1.87. The van der Waals surface area contributed by atoms with Crippen LogP contribution >= 0.6 is 0 Å². The van der Waals surface area contributed by atoms with Crippen LogP contribution in [0.5, 0.6) is 0 Å². The van der Waals surface area contributed by atoms with E-state index >= 15 is 0 Å². The fourth-order valence-corrected chi connectivity index (χ4v) is 2.94. The molecule has 2 amide bonds. The predicted molar refractivity (Wildman–Crippen MR) is 103 cm³/mol. The molecule has 0 saturated heterocycles. The number of aliphatic hydroxyl groups is 1. The molecule has 1 atom stereocenters. The Morgan fingerprint density at radius 1 is 1.19 bits per heavy atom. The van der Waals surface area contributed by atoms with Crippen molar-refractivity contribution in [3.05, 3.63) is 59.9 Å². The van der Waals surface area contributed by atoms with Gasteiger partial charge in [-0.15, -0.1) is 0 Å². The van der Waals surface area contributed by atoms with E-state index in [1.54, 1.807) is 18.5 Å². The molecule has 1 aromatic heterocycles. The van der Waals surface area contributed by atoms with Gasteiger partial charge in [-0.2, -0.15) is 0 Å². The summed E-state index contributed by atoms with van der Waals surface area (Å²) in [6.07, 6.45) is 2.12. The number of rotatable bonds is 5. The van der Waals surface area contributed by atoms with E-state index in [1.165, 1.54) is 0 Å². The van der Waals surface area contributed by atoms with Gasteiger partial charge in [0.15, 0.2) is 0 Å². The van der Waals surface area contributed by atoms with Crippen LogP contribution in [0.1, 0.15) is 11.1 Å². The highest BCUT2D eigenvalue weighted by Crippen LogP contribution is 2.17. The maximum Gasteiger partial charge on any atom is 0.313 e. The van der Waals surface area contributed by atoms with Crippen molar-refractivity contribution in [2.45, 2.75) is 19.4 Å². The van der Waals surface area contributed by atoms with Gasteiger partial charge in [-0.05, 0) is 37.1 Å². The molecule has 0 spiro atoms. The minimum Gasteiger partial charge on any atom is -0.394 e. The molecule has 0 aliphatic rings. The van der Waals surface area contributed by atoms with Crippen molar-refractivity contribution >= 4 is 28.5 Å². The Morgan fingerprint density at radius 2 is 2.00 bits per heavy atom. The van der Waals surface area contributed by atoms with Gasteiger partial charge in [-0.3, -0.25) is 9.59 Å². The molecule has 0 bridgehead atoms. The van der Waals surface area contributed by atoms with E-state index in [2.05, 4.69) is 15.6 Å². The van der Waals surface area contributed by atoms with Gasteiger partial charge in [-0.1, -0.05) is 29.8 Å². The first kappa shape index (κ1) is 18.6. The number of fused-ring (bicyclic) bond motifs is 1. The first-order valence-electron chi connectivity index (χ1n) is 8.65.